The molecular weight excluding hydrogens is 323 g/mol. The molecule has 0 heterocycles. The van der Waals surface area contributed by atoms with Crippen LogP contribution < -0.4 is 15.4 Å². The van der Waals surface area contributed by atoms with E-state index in [4.69, 9.17) is 27.9 Å². The van der Waals surface area contributed by atoms with Crippen LogP contribution >= 0.6 is 23.2 Å². The molecule has 0 aliphatic carbocycles. The fraction of sp³-hybridized carbons (Fsp3) is 0.188. The molecule has 0 aliphatic rings. The second-order valence-corrected chi connectivity index (χ2v) is 5.37. The molecule has 2 N–H and O–H groups in total. The van der Waals surface area contributed by atoms with Crippen LogP contribution in [0, 0.1) is 0 Å². The van der Waals surface area contributed by atoms with Crippen molar-refractivity contribution in [3.05, 3.63) is 52.5 Å². The van der Waals surface area contributed by atoms with Gasteiger partial charge in [0, 0.05) is 18.7 Å². The van der Waals surface area contributed by atoms with Gasteiger partial charge in [0.25, 0.3) is 0 Å². The van der Waals surface area contributed by atoms with Gasteiger partial charge in [-0.1, -0.05) is 35.3 Å². The molecule has 0 aromatic heterocycles. The third-order valence-corrected chi connectivity index (χ3v) is 3.60. The molecule has 6 heteroatoms. The first-order valence-electron chi connectivity index (χ1n) is 6.72. The van der Waals surface area contributed by atoms with Gasteiger partial charge in [-0.05, 0) is 30.3 Å². The normalized spacial score (nSPS) is 10.1. The van der Waals surface area contributed by atoms with Crippen LogP contribution in [-0.2, 0) is 4.79 Å². The van der Waals surface area contributed by atoms with Crippen molar-refractivity contribution in [2.75, 3.05) is 24.3 Å². The Kier molecular flexibility index (Phi) is 5.92. The molecule has 0 atom stereocenters. The highest BCUT2D eigenvalue weighted by Gasteiger charge is 2.06. The average molecular weight is 339 g/mol. The summed E-state index contributed by atoms with van der Waals surface area (Å²) in [5.74, 6) is 0.459. The Hall–Kier alpha value is -1.91. The summed E-state index contributed by atoms with van der Waals surface area (Å²) in [6, 6.07) is 12.5. The van der Waals surface area contributed by atoms with Crippen molar-refractivity contribution >= 4 is 40.5 Å². The van der Waals surface area contributed by atoms with Crippen molar-refractivity contribution in [3.8, 4) is 5.75 Å². The van der Waals surface area contributed by atoms with Crippen LogP contribution in [0.4, 0.5) is 11.4 Å². The molecule has 22 heavy (non-hydrogen) atoms. The van der Waals surface area contributed by atoms with E-state index in [1.54, 1.807) is 31.4 Å². The number of amides is 1. The maximum atomic E-state index is 11.9. The third kappa shape index (κ3) is 4.55. The average Bonchev–Trinajstić information content (AvgIpc) is 2.49. The number of methoxy groups -OCH3 is 1. The van der Waals surface area contributed by atoms with E-state index in [0.29, 0.717) is 34.4 Å². The van der Waals surface area contributed by atoms with Crippen LogP contribution in [0.3, 0.4) is 0 Å². The molecule has 2 aromatic rings. The molecule has 0 saturated carbocycles. The number of carbonyl (C=O) groups excluding carboxylic acids is 1. The molecule has 0 aliphatic heterocycles. The minimum Gasteiger partial charge on any atom is -0.495 e. The lowest BCUT2D eigenvalue weighted by atomic mass is 10.2. The zero-order chi connectivity index (χ0) is 15.9. The number of ether oxygens (including phenoxy) is 1. The summed E-state index contributed by atoms with van der Waals surface area (Å²) in [5, 5.41) is 6.99. The maximum absolute atomic E-state index is 11.9. The van der Waals surface area contributed by atoms with Gasteiger partial charge in [-0.3, -0.25) is 4.79 Å². The Morgan fingerprint density at radius 3 is 2.59 bits per heavy atom. The van der Waals surface area contributed by atoms with E-state index in [0.717, 1.165) is 5.69 Å². The van der Waals surface area contributed by atoms with Crippen molar-refractivity contribution in [2.45, 2.75) is 6.42 Å². The summed E-state index contributed by atoms with van der Waals surface area (Å²) in [6.45, 7) is 0.486. The highest BCUT2D eigenvalue weighted by Crippen LogP contribution is 2.27. The topological polar surface area (TPSA) is 50.4 Å². The number of halogens is 2. The number of para-hydroxylation sites is 1. The Bertz CT molecular complexity index is 662. The predicted molar refractivity (Wildman–Crippen MR) is 91.2 cm³/mol. The number of benzene rings is 2. The van der Waals surface area contributed by atoms with Gasteiger partial charge in [-0.15, -0.1) is 0 Å². The highest BCUT2D eigenvalue weighted by atomic mass is 35.5. The first-order chi connectivity index (χ1) is 10.6. The van der Waals surface area contributed by atoms with E-state index in [1.165, 1.54) is 0 Å². The van der Waals surface area contributed by atoms with Crippen LogP contribution in [0.15, 0.2) is 42.5 Å². The van der Waals surface area contributed by atoms with E-state index < -0.39 is 0 Å². The molecule has 0 spiro atoms. The minimum atomic E-state index is -0.110. The van der Waals surface area contributed by atoms with Crippen LogP contribution in [0.2, 0.25) is 10.0 Å². The van der Waals surface area contributed by atoms with Crippen molar-refractivity contribution < 1.29 is 9.53 Å². The molecule has 1 amide bonds. The Morgan fingerprint density at radius 1 is 1.14 bits per heavy atom. The lowest BCUT2D eigenvalue weighted by Crippen LogP contribution is -2.16. The quantitative estimate of drug-likeness (QED) is 0.818. The van der Waals surface area contributed by atoms with Crippen molar-refractivity contribution in [1.82, 2.24) is 0 Å². The molecule has 116 valence electrons. The lowest BCUT2D eigenvalue weighted by Gasteiger charge is -2.10. The van der Waals surface area contributed by atoms with Crippen LogP contribution in [0.1, 0.15) is 6.42 Å². The number of hydrogen-bond acceptors (Lipinski definition) is 3. The van der Waals surface area contributed by atoms with Gasteiger partial charge in [0.15, 0.2) is 0 Å². The van der Waals surface area contributed by atoms with E-state index >= 15 is 0 Å². The minimum absolute atomic E-state index is 0.110. The van der Waals surface area contributed by atoms with Gasteiger partial charge >= 0.3 is 0 Å². The zero-order valence-electron chi connectivity index (χ0n) is 12.0. The number of nitrogens with one attached hydrogen (secondary N) is 2. The van der Waals surface area contributed by atoms with E-state index in [-0.39, 0.29) is 5.91 Å². The predicted octanol–water partition coefficient (Wildman–Crippen LogP) is 4.44. The van der Waals surface area contributed by atoms with E-state index in [1.807, 2.05) is 18.2 Å². The molecule has 2 rings (SSSR count). The van der Waals surface area contributed by atoms with Crippen LogP contribution in [0.5, 0.6) is 5.75 Å². The monoisotopic (exact) mass is 338 g/mol. The first kappa shape index (κ1) is 16.5. The van der Waals surface area contributed by atoms with Crippen molar-refractivity contribution in [3.63, 3.8) is 0 Å². The summed E-state index contributed by atoms with van der Waals surface area (Å²) in [7, 11) is 1.54. The molecule has 0 saturated heterocycles. The summed E-state index contributed by atoms with van der Waals surface area (Å²) in [6.07, 6.45) is 0.314. The number of anilines is 2. The largest absolute Gasteiger partial charge is 0.495 e. The first-order valence-corrected chi connectivity index (χ1v) is 7.47. The molecule has 0 fully saturated rings. The summed E-state index contributed by atoms with van der Waals surface area (Å²) < 4.78 is 5.06. The molecule has 2 aromatic carbocycles. The van der Waals surface area contributed by atoms with Crippen LogP contribution in [0.25, 0.3) is 0 Å². The highest BCUT2D eigenvalue weighted by molar-refractivity contribution is 6.33. The van der Waals surface area contributed by atoms with Crippen LogP contribution in [-0.4, -0.2) is 19.6 Å². The smallest absolute Gasteiger partial charge is 0.226 e. The maximum Gasteiger partial charge on any atom is 0.226 e. The SMILES string of the molecule is COc1ccc(NC(=O)CCNc2ccccc2Cl)cc1Cl. The fourth-order valence-corrected chi connectivity index (χ4v) is 2.34. The van der Waals surface area contributed by atoms with Gasteiger partial charge < -0.3 is 15.4 Å². The van der Waals surface area contributed by atoms with Crippen molar-refractivity contribution in [2.24, 2.45) is 0 Å². The number of hydrogen-bond donors (Lipinski definition) is 2. The molecular formula is C16H16Cl2N2O2. The van der Waals surface area contributed by atoms with E-state index in [9.17, 15) is 4.79 Å². The Balaban J connectivity index is 1.83. The van der Waals surface area contributed by atoms with Gasteiger partial charge in [0.05, 0.1) is 22.8 Å². The van der Waals surface area contributed by atoms with Gasteiger partial charge in [-0.2, -0.15) is 0 Å². The fourth-order valence-electron chi connectivity index (χ4n) is 1.88. The summed E-state index contributed by atoms with van der Waals surface area (Å²) in [5.41, 5.74) is 1.44. The Morgan fingerprint density at radius 2 is 1.91 bits per heavy atom. The molecule has 0 radical (unpaired) electrons. The van der Waals surface area contributed by atoms with E-state index in [2.05, 4.69) is 10.6 Å². The second-order valence-electron chi connectivity index (χ2n) is 4.55. The van der Waals surface area contributed by atoms with Gasteiger partial charge in [0.2, 0.25) is 5.91 Å². The standard InChI is InChI=1S/C16H16Cl2N2O2/c1-22-15-7-6-11(10-13(15)18)20-16(21)8-9-19-14-5-3-2-4-12(14)17/h2-7,10,19H,8-9H2,1H3,(H,20,21). The van der Waals surface area contributed by atoms with Gasteiger partial charge in [0.1, 0.15) is 5.75 Å². The zero-order valence-corrected chi connectivity index (χ0v) is 13.5. The Labute approximate surface area is 139 Å². The number of rotatable bonds is 6. The molecule has 4 nitrogen and oxygen atoms in total. The number of carbonyl (C=O) groups is 1. The molecule has 0 bridgehead atoms. The molecule has 0 unspecified atom stereocenters. The van der Waals surface area contributed by atoms with Gasteiger partial charge in [-0.25, -0.2) is 0 Å². The lowest BCUT2D eigenvalue weighted by molar-refractivity contribution is -0.115. The van der Waals surface area contributed by atoms with Crippen molar-refractivity contribution in [1.29, 1.82) is 0 Å². The second kappa shape index (κ2) is 7.92. The summed E-state index contributed by atoms with van der Waals surface area (Å²) in [4.78, 5) is 11.9. The third-order valence-electron chi connectivity index (χ3n) is 2.98. The summed E-state index contributed by atoms with van der Waals surface area (Å²) >= 11 is 12.0.